The number of rotatable bonds is 0. The SMILES string of the molecule is C/C1=C\CCC2=C[C@@H](C/C(C)=C/CC1)OC2=O. The monoisotopic (exact) mass is 232 g/mol. The Balaban J connectivity index is 2.15. The molecule has 1 heterocycles. The fourth-order valence-corrected chi connectivity index (χ4v) is 2.35. The van der Waals surface area contributed by atoms with E-state index in [2.05, 4.69) is 26.0 Å². The molecule has 0 aromatic rings. The second-order valence-corrected chi connectivity index (χ2v) is 5.02. The van der Waals surface area contributed by atoms with Crippen LogP contribution < -0.4 is 0 Å². The number of hydrogen-bond donors (Lipinski definition) is 0. The molecule has 2 heteroatoms. The van der Waals surface area contributed by atoms with Gasteiger partial charge in [-0.1, -0.05) is 23.3 Å². The zero-order chi connectivity index (χ0) is 12.3. The number of carbonyl (C=O) groups excluding carboxylic acids is 1. The summed E-state index contributed by atoms with van der Waals surface area (Å²) < 4.78 is 5.34. The number of carbonyl (C=O) groups is 1. The Morgan fingerprint density at radius 3 is 2.65 bits per heavy atom. The lowest BCUT2D eigenvalue weighted by Gasteiger charge is -2.08. The van der Waals surface area contributed by atoms with Gasteiger partial charge >= 0.3 is 5.97 Å². The van der Waals surface area contributed by atoms with Gasteiger partial charge in [-0.2, -0.15) is 0 Å². The Morgan fingerprint density at radius 2 is 1.82 bits per heavy atom. The van der Waals surface area contributed by atoms with E-state index < -0.39 is 0 Å². The minimum Gasteiger partial charge on any atom is -0.454 e. The molecule has 17 heavy (non-hydrogen) atoms. The van der Waals surface area contributed by atoms with Crippen LogP contribution in [0.3, 0.4) is 0 Å². The van der Waals surface area contributed by atoms with Crippen molar-refractivity contribution in [3.05, 3.63) is 34.9 Å². The normalized spacial score (nSPS) is 32.2. The smallest absolute Gasteiger partial charge is 0.334 e. The largest absolute Gasteiger partial charge is 0.454 e. The van der Waals surface area contributed by atoms with Crippen molar-refractivity contribution in [2.45, 2.75) is 52.1 Å². The van der Waals surface area contributed by atoms with E-state index in [0.29, 0.717) is 0 Å². The molecule has 0 radical (unpaired) electrons. The summed E-state index contributed by atoms with van der Waals surface area (Å²) in [5.74, 6) is -0.117. The van der Waals surface area contributed by atoms with Crippen LogP contribution in [0, 0.1) is 0 Å². The summed E-state index contributed by atoms with van der Waals surface area (Å²) in [6.45, 7) is 4.28. The molecule has 2 rings (SSSR count). The first kappa shape index (κ1) is 12.2. The third kappa shape index (κ3) is 3.32. The highest BCUT2D eigenvalue weighted by Gasteiger charge is 2.24. The molecular formula is C15H20O2. The van der Waals surface area contributed by atoms with Crippen LogP contribution in [0.15, 0.2) is 34.9 Å². The average molecular weight is 232 g/mol. The number of hydrogen-bond acceptors (Lipinski definition) is 2. The maximum absolute atomic E-state index is 11.6. The number of allylic oxidation sites excluding steroid dienone is 3. The van der Waals surface area contributed by atoms with Crippen LogP contribution >= 0.6 is 0 Å². The van der Waals surface area contributed by atoms with Crippen molar-refractivity contribution < 1.29 is 9.53 Å². The quantitative estimate of drug-likeness (QED) is 0.470. The maximum Gasteiger partial charge on any atom is 0.334 e. The van der Waals surface area contributed by atoms with Gasteiger partial charge in [0.15, 0.2) is 0 Å². The zero-order valence-corrected chi connectivity index (χ0v) is 10.7. The summed E-state index contributed by atoms with van der Waals surface area (Å²) in [7, 11) is 0. The van der Waals surface area contributed by atoms with Crippen molar-refractivity contribution in [1.29, 1.82) is 0 Å². The van der Waals surface area contributed by atoms with Crippen molar-refractivity contribution in [3.63, 3.8) is 0 Å². The van der Waals surface area contributed by atoms with Crippen molar-refractivity contribution in [2.24, 2.45) is 0 Å². The van der Waals surface area contributed by atoms with E-state index in [1.54, 1.807) is 0 Å². The number of esters is 1. The van der Waals surface area contributed by atoms with E-state index in [0.717, 1.165) is 37.7 Å². The van der Waals surface area contributed by atoms with Gasteiger partial charge < -0.3 is 4.74 Å². The molecule has 2 bridgehead atoms. The second-order valence-electron chi connectivity index (χ2n) is 5.02. The minimum absolute atomic E-state index is 0.0294. The predicted octanol–water partition coefficient (Wildman–Crippen LogP) is 3.69. The third-order valence-electron chi connectivity index (χ3n) is 3.37. The maximum atomic E-state index is 11.6. The number of ether oxygens (including phenoxy) is 1. The zero-order valence-electron chi connectivity index (χ0n) is 10.7. The molecule has 1 aliphatic carbocycles. The van der Waals surface area contributed by atoms with Gasteiger partial charge in [-0.3, -0.25) is 0 Å². The summed E-state index contributed by atoms with van der Waals surface area (Å²) in [6, 6.07) is 0. The first-order valence-corrected chi connectivity index (χ1v) is 6.38. The minimum atomic E-state index is -0.117. The standard InChI is InChI=1S/C15H20O2/c1-11-5-3-7-12(2)9-14-10-13(8-4-6-11)15(16)17-14/h6-7,10,14H,3-5,8-9H2,1-2H3/b11-6+,12-7+/t14-/m1/s1. The van der Waals surface area contributed by atoms with Crippen LogP contribution in [0.4, 0.5) is 0 Å². The lowest BCUT2D eigenvalue weighted by Crippen LogP contribution is -2.08. The molecule has 0 N–H and O–H groups in total. The van der Waals surface area contributed by atoms with Crippen LogP contribution in [-0.2, 0) is 9.53 Å². The molecule has 0 aromatic heterocycles. The molecule has 0 spiro atoms. The highest BCUT2D eigenvalue weighted by atomic mass is 16.5. The third-order valence-corrected chi connectivity index (χ3v) is 3.37. The van der Waals surface area contributed by atoms with E-state index in [1.807, 2.05) is 6.08 Å². The van der Waals surface area contributed by atoms with Gasteiger partial charge in [0, 0.05) is 12.0 Å². The molecule has 1 aliphatic heterocycles. The molecule has 0 amide bonds. The highest BCUT2D eigenvalue weighted by molar-refractivity contribution is 5.90. The fourth-order valence-electron chi connectivity index (χ4n) is 2.35. The van der Waals surface area contributed by atoms with Gasteiger partial charge in [-0.05, 0) is 45.6 Å². The van der Waals surface area contributed by atoms with Gasteiger partial charge in [-0.15, -0.1) is 0 Å². The second kappa shape index (κ2) is 5.35. The lowest BCUT2D eigenvalue weighted by molar-refractivity contribution is -0.139. The summed E-state index contributed by atoms with van der Waals surface area (Å²) in [4.78, 5) is 11.6. The van der Waals surface area contributed by atoms with Gasteiger partial charge in [0.1, 0.15) is 6.10 Å². The highest BCUT2D eigenvalue weighted by Crippen LogP contribution is 2.24. The van der Waals surface area contributed by atoms with Crippen LogP contribution in [0.5, 0.6) is 0 Å². The van der Waals surface area contributed by atoms with Crippen LogP contribution in [0.1, 0.15) is 46.0 Å². The van der Waals surface area contributed by atoms with Crippen LogP contribution in [0.2, 0.25) is 0 Å². The van der Waals surface area contributed by atoms with Gasteiger partial charge in [0.05, 0.1) is 0 Å². The van der Waals surface area contributed by atoms with E-state index >= 15 is 0 Å². The number of fused-ring (bicyclic) bond motifs is 1. The van der Waals surface area contributed by atoms with Crippen molar-refractivity contribution in [1.82, 2.24) is 0 Å². The molecule has 0 saturated heterocycles. The summed E-state index contributed by atoms with van der Waals surface area (Å²) in [5, 5.41) is 0. The predicted molar refractivity (Wildman–Crippen MR) is 68.6 cm³/mol. The fraction of sp³-hybridized carbons (Fsp3) is 0.533. The lowest BCUT2D eigenvalue weighted by atomic mass is 10.0. The Morgan fingerprint density at radius 1 is 1.12 bits per heavy atom. The average Bonchev–Trinajstić information content (AvgIpc) is 2.58. The molecule has 1 atom stereocenters. The Bertz CT molecular complexity index is 399. The summed E-state index contributed by atoms with van der Waals surface area (Å²) >= 11 is 0. The summed E-state index contributed by atoms with van der Waals surface area (Å²) in [5.41, 5.74) is 3.58. The van der Waals surface area contributed by atoms with Crippen LogP contribution in [0.25, 0.3) is 0 Å². The van der Waals surface area contributed by atoms with E-state index in [4.69, 9.17) is 4.74 Å². The molecule has 92 valence electrons. The molecule has 0 fully saturated rings. The Labute approximate surface area is 103 Å². The molecule has 2 nitrogen and oxygen atoms in total. The molecule has 2 aliphatic rings. The van der Waals surface area contributed by atoms with Crippen molar-refractivity contribution in [3.8, 4) is 0 Å². The van der Waals surface area contributed by atoms with Gasteiger partial charge in [0.25, 0.3) is 0 Å². The molecule has 0 saturated carbocycles. The van der Waals surface area contributed by atoms with Crippen LogP contribution in [-0.4, -0.2) is 12.1 Å². The Hall–Kier alpha value is -1.31. The first-order chi connectivity index (χ1) is 8.15. The first-order valence-electron chi connectivity index (χ1n) is 6.38. The Kier molecular flexibility index (Phi) is 3.82. The molecule has 0 aromatic carbocycles. The van der Waals surface area contributed by atoms with Crippen molar-refractivity contribution >= 4 is 5.97 Å². The van der Waals surface area contributed by atoms with E-state index in [1.165, 1.54) is 11.1 Å². The van der Waals surface area contributed by atoms with E-state index in [-0.39, 0.29) is 12.1 Å². The molecular weight excluding hydrogens is 212 g/mol. The van der Waals surface area contributed by atoms with Crippen molar-refractivity contribution in [2.75, 3.05) is 0 Å². The molecule has 0 unspecified atom stereocenters. The summed E-state index contributed by atoms with van der Waals surface area (Å²) in [6.07, 6.45) is 11.3. The van der Waals surface area contributed by atoms with Gasteiger partial charge in [0.2, 0.25) is 0 Å². The van der Waals surface area contributed by atoms with Gasteiger partial charge in [-0.25, -0.2) is 4.79 Å². The van der Waals surface area contributed by atoms with E-state index in [9.17, 15) is 4.79 Å². The topological polar surface area (TPSA) is 26.3 Å².